The minimum absolute atomic E-state index is 0.289. The van der Waals surface area contributed by atoms with Gasteiger partial charge in [-0.1, -0.05) is 18.2 Å². The second-order valence-corrected chi connectivity index (χ2v) is 5.52. The average molecular weight is 355 g/mol. The Hall–Kier alpha value is -3.35. The molecule has 26 heavy (non-hydrogen) atoms. The summed E-state index contributed by atoms with van der Waals surface area (Å²) in [5, 5.41) is 7.01. The van der Waals surface area contributed by atoms with E-state index in [9.17, 15) is 9.18 Å². The number of ether oxygens (including phenoxy) is 2. The van der Waals surface area contributed by atoms with Crippen molar-refractivity contribution in [3.8, 4) is 11.5 Å². The van der Waals surface area contributed by atoms with Crippen LogP contribution in [0.3, 0.4) is 0 Å². The van der Waals surface area contributed by atoms with Crippen LogP contribution in [-0.2, 0) is 6.54 Å². The normalized spacial score (nSPS) is 10.4. The summed E-state index contributed by atoms with van der Waals surface area (Å²) in [6.07, 6.45) is 1.71. The topological polar surface area (TPSA) is 65.4 Å². The first-order valence-corrected chi connectivity index (χ1v) is 7.91. The zero-order valence-electron chi connectivity index (χ0n) is 14.4. The Kier molecular flexibility index (Phi) is 5.17. The number of hydrogen-bond acceptors (Lipinski definition) is 4. The van der Waals surface area contributed by atoms with E-state index in [1.165, 1.54) is 26.4 Å². The summed E-state index contributed by atoms with van der Waals surface area (Å²) in [7, 11) is 2.97. The van der Waals surface area contributed by atoms with Crippen LogP contribution >= 0.6 is 0 Å². The lowest BCUT2D eigenvalue weighted by molar-refractivity contribution is 0.102. The van der Waals surface area contributed by atoms with Gasteiger partial charge >= 0.3 is 0 Å². The van der Waals surface area contributed by atoms with Crippen molar-refractivity contribution in [2.45, 2.75) is 6.54 Å². The lowest BCUT2D eigenvalue weighted by Gasteiger charge is -2.12. The number of nitrogens with zero attached hydrogens (tertiary/aromatic N) is 2. The van der Waals surface area contributed by atoms with Crippen LogP contribution in [0.2, 0.25) is 0 Å². The first-order valence-electron chi connectivity index (χ1n) is 7.91. The third-order valence-corrected chi connectivity index (χ3v) is 3.77. The number of carbonyl (C=O) groups excluding carboxylic acids is 1. The molecule has 3 rings (SSSR count). The molecule has 0 atom stereocenters. The molecule has 0 spiro atoms. The number of amides is 1. The highest BCUT2D eigenvalue weighted by atomic mass is 19.1. The maximum Gasteiger partial charge on any atom is 0.264 e. The molecule has 0 unspecified atom stereocenters. The van der Waals surface area contributed by atoms with Gasteiger partial charge in [-0.2, -0.15) is 5.10 Å². The molecule has 1 N–H and O–H groups in total. The molecule has 0 saturated carbocycles. The van der Waals surface area contributed by atoms with Gasteiger partial charge in [0.15, 0.2) is 5.82 Å². The van der Waals surface area contributed by atoms with Gasteiger partial charge in [0, 0.05) is 12.3 Å². The molecule has 1 aromatic heterocycles. The van der Waals surface area contributed by atoms with Crippen LogP contribution in [0.4, 0.5) is 10.2 Å². The molecule has 0 aliphatic heterocycles. The number of rotatable bonds is 6. The van der Waals surface area contributed by atoms with E-state index < -0.39 is 5.91 Å². The summed E-state index contributed by atoms with van der Waals surface area (Å²) in [6, 6.07) is 13.0. The van der Waals surface area contributed by atoms with Crippen LogP contribution in [0.25, 0.3) is 0 Å². The molecule has 1 amide bonds. The van der Waals surface area contributed by atoms with Crippen LogP contribution in [0.5, 0.6) is 11.5 Å². The number of aromatic nitrogens is 2. The fourth-order valence-corrected chi connectivity index (χ4v) is 2.59. The Morgan fingerprint density at radius 3 is 2.46 bits per heavy atom. The van der Waals surface area contributed by atoms with E-state index in [4.69, 9.17) is 9.47 Å². The molecule has 6 nitrogen and oxygen atoms in total. The molecule has 134 valence electrons. The van der Waals surface area contributed by atoms with Gasteiger partial charge in [-0.3, -0.25) is 9.48 Å². The maximum absolute atomic E-state index is 13.3. The minimum Gasteiger partial charge on any atom is -0.496 e. The Bertz CT molecular complexity index is 902. The maximum atomic E-state index is 13.3. The highest BCUT2D eigenvalue weighted by Crippen LogP contribution is 2.28. The van der Waals surface area contributed by atoms with Crippen molar-refractivity contribution in [1.29, 1.82) is 0 Å². The second-order valence-electron chi connectivity index (χ2n) is 5.52. The van der Waals surface area contributed by atoms with Gasteiger partial charge in [0.05, 0.1) is 20.8 Å². The fraction of sp³-hybridized carbons (Fsp3) is 0.158. The largest absolute Gasteiger partial charge is 0.496 e. The Balaban J connectivity index is 1.76. The Morgan fingerprint density at radius 1 is 1.12 bits per heavy atom. The number of anilines is 1. The van der Waals surface area contributed by atoms with Crippen molar-refractivity contribution < 1.29 is 18.7 Å². The fourth-order valence-electron chi connectivity index (χ4n) is 2.59. The molecule has 0 saturated heterocycles. The zero-order valence-corrected chi connectivity index (χ0v) is 14.4. The molecule has 0 fully saturated rings. The zero-order chi connectivity index (χ0) is 18.5. The van der Waals surface area contributed by atoms with Gasteiger partial charge in [-0.05, 0) is 29.8 Å². The van der Waals surface area contributed by atoms with Gasteiger partial charge in [0.1, 0.15) is 22.9 Å². The predicted molar refractivity (Wildman–Crippen MR) is 95.2 cm³/mol. The summed E-state index contributed by atoms with van der Waals surface area (Å²) in [6.45, 7) is 0.394. The monoisotopic (exact) mass is 355 g/mol. The molecule has 2 aromatic carbocycles. The van der Waals surface area contributed by atoms with Gasteiger partial charge in [0.25, 0.3) is 5.91 Å². The number of hydrogen-bond donors (Lipinski definition) is 1. The third-order valence-electron chi connectivity index (χ3n) is 3.77. The number of methoxy groups -OCH3 is 2. The van der Waals surface area contributed by atoms with Crippen molar-refractivity contribution in [3.05, 3.63) is 71.7 Å². The van der Waals surface area contributed by atoms with E-state index in [2.05, 4.69) is 10.4 Å². The molecule has 0 radical (unpaired) electrons. The molecule has 3 aromatic rings. The highest BCUT2D eigenvalue weighted by molar-refractivity contribution is 6.07. The molecule has 0 bridgehead atoms. The minimum atomic E-state index is -0.393. The van der Waals surface area contributed by atoms with Gasteiger partial charge in [-0.15, -0.1) is 0 Å². The average Bonchev–Trinajstić information content (AvgIpc) is 3.07. The van der Waals surface area contributed by atoms with Crippen LogP contribution < -0.4 is 14.8 Å². The summed E-state index contributed by atoms with van der Waals surface area (Å²) in [5.74, 6) is 0.489. The summed E-state index contributed by atoms with van der Waals surface area (Å²) in [4.78, 5) is 12.6. The van der Waals surface area contributed by atoms with E-state index in [0.717, 1.165) is 5.56 Å². The van der Waals surface area contributed by atoms with E-state index >= 15 is 0 Å². The summed E-state index contributed by atoms with van der Waals surface area (Å²) >= 11 is 0. The Morgan fingerprint density at radius 2 is 1.81 bits per heavy atom. The predicted octanol–water partition coefficient (Wildman–Crippen LogP) is 3.34. The SMILES string of the molecule is COc1cccc(OC)c1C(=O)Nc1ccn(Cc2cccc(F)c2)n1. The van der Waals surface area contributed by atoms with Crippen LogP contribution in [-0.4, -0.2) is 29.9 Å². The first-order chi connectivity index (χ1) is 12.6. The van der Waals surface area contributed by atoms with Crippen molar-refractivity contribution >= 4 is 11.7 Å². The number of benzene rings is 2. The van der Waals surface area contributed by atoms with Crippen LogP contribution in [0.15, 0.2) is 54.7 Å². The molecule has 0 aliphatic rings. The van der Waals surface area contributed by atoms with Crippen LogP contribution in [0.1, 0.15) is 15.9 Å². The van der Waals surface area contributed by atoms with Gasteiger partial charge in [0.2, 0.25) is 0 Å². The summed E-state index contributed by atoms with van der Waals surface area (Å²) < 4.78 is 25.4. The third kappa shape index (κ3) is 3.83. The van der Waals surface area contributed by atoms with Crippen LogP contribution in [0, 0.1) is 5.82 Å². The first kappa shape index (κ1) is 17.5. The quantitative estimate of drug-likeness (QED) is 0.736. The second kappa shape index (κ2) is 7.69. The van der Waals surface area contributed by atoms with Gasteiger partial charge in [-0.25, -0.2) is 4.39 Å². The highest BCUT2D eigenvalue weighted by Gasteiger charge is 2.19. The standard InChI is InChI=1S/C19H18FN3O3/c1-25-15-7-4-8-16(26-2)18(15)19(24)21-17-9-10-23(22-17)12-13-5-3-6-14(20)11-13/h3-11H,12H2,1-2H3,(H,21,22,24). The molecule has 0 aliphatic carbocycles. The van der Waals surface area contributed by atoms with Crippen molar-refractivity contribution in [3.63, 3.8) is 0 Å². The molecule has 7 heteroatoms. The van der Waals surface area contributed by atoms with Gasteiger partial charge < -0.3 is 14.8 Å². The molecular weight excluding hydrogens is 337 g/mol. The van der Waals surface area contributed by atoms with Crippen molar-refractivity contribution in [2.24, 2.45) is 0 Å². The summed E-state index contributed by atoms with van der Waals surface area (Å²) in [5.41, 5.74) is 1.06. The number of carbonyl (C=O) groups is 1. The lowest BCUT2D eigenvalue weighted by atomic mass is 10.1. The van der Waals surface area contributed by atoms with E-state index in [1.54, 1.807) is 41.2 Å². The number of nitrogens with one attached hydrogen (secondary N) is 1. The van der Waals surface area contributed by atoms with Crippen molar-refractivity contribution in [1.82, 2.24) is 9.78 Å². The molecular formula is C19H18FN3O3. The Labute approximate surface area is 150 Å². The van der Waals surface area contributed by atoms with E-state index in [1.807, 2.05) is 6.07 Å². The molecule has 1 heterocycles. The number of halogens is 1. The smallest absolute Gasteiger partial charge is 0.264 e. The van der Waals surface area contributed by atoms with Crippen molar-refractivity contribution in [2.75, 3.05) is 19.5 Å². The van der Waals surface area contributed by atoms with E-state index in [0.29, 0.717) is 23.9 Å². The van der Waals surface area contributed by atoms with E-state index in [-0.39, 0.29) is 11.4 Å². The lowest BCUT2D eigenvalue weighted by Crippen LogP contribution is -2.15.